The second-order valence-electron chi connectivity index (χ2n) is 7.43. The predicted molar refractivity (Wildman–Crippen MR) is 104 cm³/mol. The van der Waals surface area contributed by atoms with Crippen molar-refractivity contribution in [1.82, 2.24) is 14.7 Å². The first-order chi connectivity index (χ1) is 13.6. The van der Waals surface area contributed by atoms with Crippen LogP contribution in [0.25, 0.3) is 0 Å². The van der Waals surface area contributed by atoms with Crippen LogP contribution in [-0.4, -0.2) is 85.4 Å². The number of likely N-dealkylation sites (tertiary alicyclic amines) is 1. The summed E-state index contributed by atoms with van der Waals surface area (Å²) in [7, 11) is 1.60. The van der Waals surface area contributed by atoms with Crippen LogP contribution in [-0.2, 0) is 25.5 Å². The maximum absolute atomic E-state index is 12.8. The molecule has 2 aliphatic rings. The highest BCUT2D eigenvalue weighted by atomic mass is 16.5. The molecular formula is C21H29N3O4. The second kappa shape index (κ2) is 9.68. The van der Waals surface area contributed by atoms with E-state index in [0.717, 1.165) is 12.0 Å². The topological polar surface area (TPSA) is 70.2 Å². The summed E-state index contributed by atoms with van der Waals surface area (Å²) in [4.78, 5) is 42.6. The van der Waals surface area contributed by atoms with Gasteiger partial charge in [-0.05, 0) is 12.0 Å². The molecule has 0 N–H and O–H groups in total. The van der Waals surface area contributed by atoms with Crippen LogP contribution in [0.1, 0.15) is 18.4 Å². The minimum absolute atomic E-state index is 0.0186. The molecule has 0 saturated carbocycles. The first-order valence-electron chi connectivity index (χ1n) is 9.95. The number of benzene rings is 1. The molecule has 0 aliphatic carbocycles. The summed E-state index contributed by atoms with van der Waals surface area (Å²) >= 11 is 0. The smallest absolute Gasteiger partial charge is 0.228 e. The van der Waals surface area contributed by atoms with E-state index in [1.165, 1.54) is 0 Å². The number of aryl methyl sites for hydroxylation is 1. The molecule has 1 aromatic carbocycles. The molecule has 3 rings (SSSR count). The standard InChI is InChI=1S/C21H29N3O4/c1-28-14-13-24-16-18(15-20(24)26)21(27)23-11-9-22(10-12-23)19(25)8-7-17-5-3-2-4-6-17/h2-6,18H,7-16H2,1H3. The Morgan fingerprint density at radius 2 is 1.75 bits per heavy atom. The number of ether oxygens (including phenoxy) is 1. The molecule has 2 aliphatic heterocycles. The summed E-state index contributed by atoms with van der Waals surface area (Å²) in [6.07, 6.45) is 1.50. The van der Waals surface area contributed by atoms with Gasteiger partial charge in [-0.25, -0.2) is 0 Å². The highest BCUT2D eigenvalue weighted by Crippen LogP contribution is 2.21. The molecule has 1 unspecified atom stereocenters. The van der Waals surface area contributed by atoms with E-state index in [2.05, 4.69) is 0 Å². The average molecular weight is 387 g/mol. The van der Waals surface area contributed by atoms with Crippen LogP contribution in [0.5, 0.6) is 0 Å². The molecule has 1 atom stereocenters. The fraction of sp³-hybridized carbons (Fsp3) is 0.571. The Hall–Kier alpha value is -2.41. The minimum atomic E-state index is -0.273. The van der Waals surface area contributed by atoms with E-state index in [0.29, 0.717) is 52.3 Å². The van der Waals surface area contributed by atoms with E-state index in [4.69, 9.17) is 4.74 Å². The summed E-state index contributed by atoms with van der Waals surface area (Å²) in [5, 5.41) is 0. The van der Waals surface area contributed by atoms with E-state index >= 15 is 0 Å². The van der Waals surface area contributed by atoms with Gasteiger partial charge in [0.2, 0.25) is 17.7 Å². The Labute approximate surface area is 166 Å². The van der Waals surface area contributed by atoms with E-state index in [1.807, 2.05) is 35.2 Å². The summed E-state index contributed by atoms with van der Waals surface area (Å²) < 4.78 is 5.02. The summed E-state index contributed by atoms with van der Waals surface area (Å²) in [6.45, 7) is 3.69. The molecule has 0 bridgehead atoms. The fourth-order valence-corrected chi connectivity index (χ4v) is 3.84. The monoisotopic (exact) mass is 387 g/mol. The molecule has 7 nitrogen and oxygen atoms in total. The first-order valence-corrected chi connectivity index (χ1v) is 9.95. The number of nitrogens with zero attached hydrogens (tertiary/aromatic N) is 3. The third-order valence-corrected chi connectivity index (χ3v) is 5.54. The van der Waals surface area contributed by atoms with Crippen molar-refractivity contribution in [2.75, 3.05) is 53.0 Å². The van der Waals surface area contributed by atoms with E-state index in [-0.39, 0.29) is 30.1 Å². The third kappa shape index (κ3) is 5.10. The molecule has 28 heavy (non-hydrogen) atoms. The molecule has 152 valence electrons. The lowest BCUT2D eigenvalue weighted by Gasteiger charge is -2.36. The van der Waals surface area contributed by atoms with Gasteiger partial charge in [0.25, 0.3) is 0 Å². The van der Waals surface area contributed by atoms with Crippen LogP contribution < -0.4 is 0 Å². The van der Waals surface area contributed by atoms with Crippen molar-refractivity contribution in [3.63, 3.8) is 0 Å². The Morgan fingerprint density at radius 1 is 1.07 bits per heavy atom. The Morgan fingerprint density at radius 3 is 2.43 bits per heavy atom. The Kier molecular flexibility index (Phi) is 7.03. The molecule has 2 fully saturated rings. The lowest BCUT2D eigenvalue weighted by Crippen LogP contribution is -2.52. The number of methoxy groups -OCH3 is 1. The highest BCUT2D eigenvalue weighted by molar-refractivity contribution is 5.89. The van der Waals surface area contributed by atoms with Crippen LogP contribution >= 0.6 is 0 Å². The van der Waals surface area contributed by atoms with Crippen LogP contribution in [0.4, 0.5) is 0 Å². The van der Waals surface area contributed by atoms with Crippen molar-refractivity contribution in [2.45, 2.75) is 19.3 Å². The van der Waals surface area contributed by atoms with Crippen LogP contribution in [0.15, 0.2) is 30.3 Å². The van der Waals surface area contributed by atoms with Gasteiger partial charge in [0.1, 0.15) is 0 Å². The number of piperazine rings is 1. The zero-order valence-electron chi connectivity index (χ0n) is 16.5. The molecule has 0 aromatic heterocycles. The molecule has 2 heterocycles. The minimum Gasteiger partial charge on any atom is -0.383 e. The molecule has 3 amide bonds. The lowest BCUT2D eigenvalue weighted by atomic mass is 10.1. The maximum Gasteiger partial charge on any atom is 0.228 e. The van der Waals surface area contributed by atoms with Crippen LogP contribution in [0.3, 0.4) is 0 Å². The van der Waals surface area contributed by atoms with Crippen LogP contribution in [0, 0.1) is 5.92 Å². The largest absolute Gasteiger partial charge is 0.383 e. The number of rotatable bonds is 7. The lowest BCUT2D eigenvalue weighted by molar-refractivity contribution is -0.142. The van der Waals surface area contributed by atoms with E-state index in [9.17, 15) is 14.4 Å². The Bertz CT molecular complexity index is 686. The van der Waals surface area contributed by atoms with Gasteiger partial charge in [0, 0.05) is 59.2 Å². The highest BCUT2D eigenvalue weighted by Gasteiger charge is 2.37. The number of hydrogen-bond acceptors (Lipinski definition) is 4. The second-order valence-corrected chi connectivity index (χ2v) is 7.43. The number of hydrogen-bond donors (Lipinski definition) is 0. The summed E-state index contributed by atoms with van der Waals surface area (Å²) in [5.74, 6) is -0.0859. The molecule has 2 saturated heterocycles. The average Bonchev–Trinajstić information content (AvgIpc) is 3.11. The van der Waals surface area contributed by atoms with Crippen molar-refractivity contribution in [1.29, 1.82) is 0 Å². The SMILES string of the molecule is COCCN1CC(C(=O)N2CCN(C(=O)CCc3ccccc3)CC2)CC1=O. The Balaban J connectivity index is 1.42. The van der Waals surface area contributed by atoms with Gasteiger partial charge in [0.15, 0.2) is 0 Å². The normalized spacial score (nSPS) is 20.0. The van der Waals surface area contributed by atoms with Crippen molar-refractivity contribution >= 4 is 17.7 Å². The molecule has 7 heteroatoms. The predicted octanol–water partition coefficient (Wildman–Crippen LogP) is 0.785. The number of carbonyl (C=O) groups excluding carboxylic acids is 3. The van der Waals surface area contributed by atoms with Gasteiger partial charge in [-0.15, -0.1) is 0 Å². The molecule has 0 radical (unpaired) electrons. The molecule has 1 aromatic rings. The fourth-order valence-electron chi connectivity index (χ4n) is 3.84. The number of amides is 3. The zero-order chi connectivity index (χ0) is 19.9. The van der Waals surface area contributed by atoms with Gasteiger partial charge in [-0.2, -0.15) is 0 Å². The van der Waals surface area contributed by atoms with Gasteiger partial charge in [0.05, 0.1) is 12.5 Å². The van der Waals surface area contributed by atoms with Gasteiger partial charge >= 0.3 is 0 Å². The quantitative estimate of drug-likeness (QED) is 0.694. The summed E-state index contributed by atoms with van der Waals surface area (Å²) in [5.41, 5.74) is 1.16. The third-order valence-electron chi connectivity index (χ3n) is 5.54. The van der Waals surface area contributed by atoms with Gasteiger partial charge in [-0.1, -0.05) is 30.3 Å². The first kappa shape index (κ1) is 20.3. The van der Waals surface area contributed by atoms with Gasteiger partial charge in [-0.3, -0.25) is 14.4 Å². The molecule has 0 spiro atoms. The van der Waals surface area contributed by atoms with Crippen molar-refractivity contribution in [3.8, 4) is 0 Å². The van der Waals surface area contributed by atoms with Crippen molar-refractivity contribution in [2.24, 2.45) is 5.92 Å². The van der Waals surface area contributed by atoms with E-state index < -0.39 is 0 Å². The van der Waals surface area contributed by atoms with E-state index in [1.54, 1.807) is 16.9 Å². The number of carbonyl (C=O) groups is 3. The summed E-state index contributed by atoms with van der Waals surface area (Å²) in [6, 6.07) is 9.99. The maximum atomic E-state index is 12.8. The zero-order valence-corrected chi connectivity index (χ0v) is 16.5. The van der Waals surface area contributed by atoms with Crippen molar-refractivity contribution in [3.05, 3.63) is 35.9 Å². The van der Waals surface area contributed by atoms with Gasteiger partial charge < -0.3 is 19.4 Å². The van der Waals surface area contributed by atoms with Crippen LogP contribution in [0.2, 0.25) is 0 Å². The van der Waals surface area contributed by atoms with Crippen molar-refractivity contribution < 1.29 is 19.1 Å². The molecular weight excluding hydrogens is 358 g/mol.